The summed E-state index contributed by atoms with van der Waals surface area (Å²) in [7, 11) is 0. The second-order valence-electron chi connectivity index (χ2n) is 7.48. The number of anilines is 1. The number of primary amides is 1. The molecule has 2 aliphatic rings. The summed E-state index contributed by atoms with van der Waals surface area (Å²) in [4.78, 5) is 26.9. The molecule has 0 unspecified atom stereocenters. The number of rotatable bonds is 6. The highest BCUT2D eigenvalue weighted by Gasteiger charge is 2.28. The van der Waals surface area contributed by atoms with E-state index in [0.29, 0.717) is 24.2 Å². The number of aryl methyl sites for hydroxylation is 1. The first kappa shape index (κ1) is 17.7. The molecule has 1 saturated carbocycles. The fourth-order valence-corrected chi connectivity index (χ4v) is 3.44. The van der Waals surface area contributed by atoms with Crippen LogP contribution in [0, 0.1) is 12.8 Å². The first-order chi connectivity index (χ1) is 13.1. The lowest BCUT2D eigenvalue weighted by molar-refractivity contribution is 0.0995. The smallest absolute Gasteiger partial charge is 0.267 e. The molecular formula is C20H25N5O2. The molecule has 1 aliphatic carbocycles. The van der Waals surface area contributed by atoms with Gasteiger partial charge in [0.05, 0.1) is 6.61 Å². The summed E-state index contributed by atoms with van der Waals surface area (Å²) >= 11 is 0. The molecule has 0 radical (unpaired) electrons. The normalized spacial score (nSPS) is 17.7. The van der Waals surface area contributed by atoms with Crippen LogP contribution < -0.4 is 15.4 Å². The van der Waals surface area contributed by atoms with Crippen LogP contribution in [0.25, 0.3) is 0 Å². The van der Waals surface area contributed by atoms with E-state index in [-0.39, 0.29) is 5.69 Å². The third-order valence-electron chi connectivity index (χ3n) is 5.21. The molecule has 2 fully saturated rings. The molecule has 4 rings (SSSR count). The number of aromatic nitrogens is 3. The summed E-state index contributed by atoms with van der Waals surface area (Å²) in [5, 5.41) is 0. The van der Waals surface area contributed by atoms with Gasteiger partial charge in [-0.2, -0.15) is 0 Å². The average molecular weight is 367 g/mol. The fraction of sp³-hybridized carbons (Fsp3) is 0.500. The third kappa shape index (κ3) is 4.35. The van der Waals surface area contributed by atoms with Gasteiger partial charge in [-0.15, -0.1) is 0 Å². The number of carbonyl (C=O) groups excluding carboxylic acids is 1. The number of pyridine rings is 1. The van der Waals surface area contributed by atoms with E-state index in [1.54, 1.807) is 18.3 Å². The number of nitrogens with two attached hydrogens (primary N) is 1. The Bertz CT molecular complexity index is 829. The Balaban J connectivity index is 1.31. The first-order valence-corrected chi connectivity index (χ1v) is 9.57. The molecule has 0 aromatic carbocycles. The summed E-state index contributed by atoms with van der Waals surface area (Å²) in [6, 6.07) is 5.44. The zero-order valence-corrected chi connectivity index (χ0v) is 15.6. The molecule has 142 valence electrons. The lowest BCUT2D eigenvalue weighted by Gasteiger charge is -2.33. The van der Waals surface area contributed by atoms with Crippen molar-refractivity contribution in [2.75, 3.05) is 24.6 Å². The van der Waals surface area contributed by atoms with Crippen molar-refractivity contribution in [2.45, 2.75) is 38.5 Å². The number of ether oxygens (including phenoxy) is 1. The van der Waals surface area contributed by atoms with Gasteiger partial charge < -0.3 is 15.4 Å². The highest BCUT2D eigenvalue weighted by atomic mass is 16.5. The molecule has 0 bridgehead atoms. The molecule has 2 N–H and O–H groups in total. The van der Waals surface area contributed by atoms with Gasteiger partial charge in [0.1, 0.15) is 23.1 Å². The predicted octanol–water partition coefficient (Wildman–Crippen LogP) is 2.45. The Morgan fingerprint density at radius 3 is 2.70 bits per heavy atom. The third-order valence-corrected chi connectivity index (χ3v) is 5.21. The van der Waals surface area contributed by atoms with Crippen molar-refractivity contribution >= 4 is 11.7 Å². The standard InChI is InChI=1S/C20H25N5O2/c1-13-10-18(24-20(23-13)15-2-3-15)25-8-5-14(6-9-25)12-27-16-4-7-22-17(11-16)19(21)26/h4,7,10-11,14-15H,2-3,5-6,8-9,12H2,1H3,(H2,21,26). The van der Waals surface area contributed by atoms with Crippen LogP contribution in [0.1, 0.15) is 53.6 Å². The molecule has 3 heterocycles. The topological polar surface area (TPSA) is 94.2 Å². The number of nitrogens with zero attached hydrogens (tertiary/aromatic N) is 4. The minimum Gasteiger partial charge on any atom is -0.493 e. The van der Waals surface area contributed by atoms with Gasteiger partial charge in [0.15, 0.2) is 0 Å². The monoisotopic (exact) mass is 367 g/mol. The van der Waals surface area contributed by atoms with Crippen LogP contribution in [0.2, 0.25) is 0 Å². The molecule has 1 aliphatic heterocycles. The van der Waals surface area contributed by atoms with Crippen LogP contribution in [-0.2, 0) is 0 Å². The fourth-order valence-electron chi connectivity index (χ4n) is 3.44. The van der Waals surface area contributed by atoms with E-state index in [9.17, 15) is 4.79 Å². The second kappa shape index (κ2) is 7.50. The van der Waals surface area contributed by atoms with Gasteiger partial charge in [-0.25, -0.2) is 9.97 Å². The molecule has 2 aromatic rings. The summed E-state index contributed by atoms with van der Waals surface area (Å²) in [6.07, 6.45) is 6.08. The molecule has 0 atom stereocenters. The van der Waals surface area contributed by atoms with E-state index < -0.39 is 5.91 Å². The highest BCUT2D eigenvalue weighted by Crippen LogP contribution is 2.38. The van der Waals surface area contributed by atoms with E-state index in [2.05, 4.69) is 20.9 Å². The maximum Gasteiger partial charge on any atom is 0.267 e. The van der Waals surface area contributed by atoms with Gasteiger partial charge in [-0.3, -0.25) is 9.78 Å². The van der Waals surface area contributed by atoms with Crippen molar-refractivity contribution in [2.24, 2.45) is 11.7 Å². The number of carbonyl (C=O) groups is 1. The largest absolute Gasteiger partial charge is 0.493 e. The van der Waals surface area contributed by atoms with Crippen LogP contribution >= 0.6 is 0 Å². The van der Waals surface area contributed by atoms with Gasteiger partial charge in [0, 0.05) is 43.0 Å². The predicted molar refractivity (Wildman–Crippen MR) is 102 cm³/mol. The summed E-state index contributed by atoms with van der Waals surface area (Å²) in [6.45, 7) is 4.62. The van der Waals surface area contributed by atoms with Gasteiger partial charge in [0.25, 0.3) is 5.91 Å². The lowest BCUT2D eigenvalue weighted by atomic mass is 9.98. The van der Waals surface area contributed by atoms with Crippen LogP contribution in [0.5, 0.6) is 5.75 Å². The lowest BCUT2D eigenvalue weighted by Crippen LogP contribution is -2.36. The molecule has 1 saturated heterocycles. The van der Waals surface area contributed by atoms with Gasteiger partial charge >= 0.3 is 0 Å². The number of piperidine rings is 1. The first-order valence-electron chi connectivity index (χ1n) is 9.57. The van der Waals surface area contributed by atoms with E-state index in [1.165, 1.54) is 12.8 Å². The molecule has 2 aromatic heterocycles. The van der Waals surface area contributed by atoms with E-state index in [0.717, 1.165) is 43.3 Å². The van der Waals surface area contributed by atoms with Crippen molar-refractivity contribution in [1.29, 1.82) is 0 Å². The molecule has 7 nitrogen and oxygen atoms in total. The number of amides is 1. The Morgan fingerprint density at radius 1 is 1.22 bits per heavy atom. The average Bonchev–Trinajstić information content (AvgIpc) is 3.52. The van der Waals surface area contributed by atoms with Crippen LogP contribution in [0.3, 0.4) is 0 Å². The SMILES string of the molecule is Cc1cc(N2CCC(COc3ccnc(C(N)=O)c3)CC2)nc(C2CC2)n1. The van der Waals surface area contributed by atoms with Gasteiger partial charge in [-0.1, -0.05) is 0 Å². The zero-order valence-electron chi connectivity index (χ0n) is 15.6. The quantitative estimate of drug-likeness (QED) is 0.843. The minimum atomic E-state index is -0.542. The van der Waals surface area contributed by atoms with Gasteiger partial charge in [-0.05, 0) is 44.6 Å². The summed E-state index contributed by atoms with van der Waals surface area (Å²) in [5.41, 5.74) is 6.54. The molecule has 1 amide bonds. The van der Waals surface area contributed by atoms with Gasteiger partial charge in [0.2, 0.25) is 0 Å². The summed E-state index contributed by atoms with van der Waals surface area (Å²) < 4.78 is 5.86. The highest BCUT2D eigenvalue weighted by molar-refractivity contribution is 5.91. The Labute approximate surface area is 159 Å². The number of hydrogen-bond acceptors (Lipinski definition) is 6. The minimum absolute atomic E-state index is 0.230. The van der Waals surface area contributed by atoms with Crippen LogP contribution in [-0.4, -0.2) is 40.6 Å². The molecule has 7 heteroatoms. The molecule has 0 spiro atoms. The Kier molecular flexibility index (Phi) is 4.92. The zero-order chi connectivity index (χ0) is 18.8. The van der Waals surface area contributed by atoms with Crippen molar-refractivity contribution in [1.82, 2.24) is 15.0 Å². The maximum atomic E-state index is 11.2. The van der Waals surface area contributed by atoms with E-state index >= 15 is 0 Å². The molecular weight excluding hydrogens is 342 g/mol. The van der Waals surface area contributed by atoms with Crippen LogP contribution in [0.4, 0.5) is 5.82 Å². The van der Waals surface area contributed by atoms with E-state index in [4.69, 9.17) is 15.5 Å². The second-order valence-corrected chi connectivity index (χ2v) is 7.48. The van der Waals surface area contributed by atoms with Crippen molar-refractivity contribution in [3.63, 3.8) is 0 Å². The van der Waals surface area contributed by atoms with Crippen molar-refractivity contribution in [3.05, 3.63) is 41.6 Å². The number of hydrogen-bond donors (Lipinski definition) is 1. The van der Waals surface area contributed by atoms with Crippen LogP contribution in [0.15, 0.2) is 24.4 Å². The Hall–Kier alpha value is -2.70. The van der Waals surface area contributed by atoms with Crippen molar-refractivity contribution in [3.8, 4) is 5.75 Å². The summed E-state index contributed by atoms with van der Waals surface area (Å²) in [5.74, 6) is 3.22. The van der Waals surface area contributed by atoms with E-state index in [1.807, 2.05) is 6.92 Å². The van der Waals surface area contributed by atoms with Crippen molar-refractivity contribution < 1.29 is 9.53 Å². The Morgan fingerprint density at radius 2 is 2.00 bits per heavy atom. The molecule has 27 heavy (non-hydrogen) atoms. The maximum absolute atomic E-state index is 11.2.